The number of hydrogen-bond acceptors (Lipinski definition) is 1. The van der Waals surface area contributed by atoms with Gasteiger partial charge in [0.2, 0.25) is 0 Å². The lowest BCUT2D eigenvalue weighted by atomic mass is 9.97. The van der Waals surface area contributed by atoms with Crippen molar-refractivity contribution >= 4 is 0 Å². The lowest BCUT2D eigenvalue weighted by molar-refractivity contribution is 0.372. The van der Waals surface area contributed by atoms with Gasteiger partial charge in [0, 0.05) is 12.5 Å². The Hall–Kier alpha value is -0.480. The van der Waals surface area contributed by atoms with Gasteiger partial charge in [0.15, 0.2) is 0 Å². The van der Waals surface area contributed by atoms with E-state index >= 15 is 0 Å². The van der Waals surface area contributed by atoms with E-state index in [4.69, 9.17) is 6.42 Å². The Balaban J connectivity index is 3.46. The van der Waals surface area contributed by atoms with Crippen LogP contribution in [0.15, 0.2) is 0 Å². The Kier molecular flexibility index (Phi) is 8.78. The maximum absolute atomic E-state index is 5.20. The van der Waals surface area contributed by atoms with Crippen LogP contribution in [-0.2, 0) is 0 Å². The van der Waals surface area contributed by atoms with Gasteiger partial charge in [-0.3, -0.25) is 0 Å². The third-order valence-corrected chi connectivity index (χ3v) is 2.61. The molecule has 14 heavy (non-hydrogen) atoms. The van der Waals surface area contributed by atoms with Crippen LogP contribution in [0.4, 0.5) is 0 Å². The van der Waals surface area contributed by atoms with Gasteiger partial charge in [0.05, 0.1) is 0 Å². The quantitative estimate of drug-likeness (QED) is 0.463. The van der Waals surface area contributed by atoms with Gasteiger partial charge in [-0.1, -0.05) is 33.6 Å². The van der Waals surface area contributed by atoms with E-state index in [0.717, 1.165) is 18.9 Å². The summed E-state index contributed by atoms with van der Waals surface area (Å²) in [6.07, 6.45) is 11.2. The smallest absolute Gasteiger partial charge is 0.00899 e. The van der Waals surface area contributed by atoms with Crippen LogP contribution < -0.4 is 5.32 Å². The van der Waals surface area contributed by atoms with Crippen molar-refractivity contribution < 1.29 is 0 Å². The van der Waals surface area contributed by atoms with E-state index < -0.39 is 0 Å². The maximum atomic E-state index is 5.20. The van der Waals surface area contributed by atoms with Crippen molar-refractivity contribution in [2.45, 2.75) is 58.9 Å². The molecular formula is C13H25N. The molecule has 0 bridgehead atoms. The predicted molar refractivity (Wildman–Crippen MR) is 64.2 cm³/mol. The predicted octanol–water partition coefficient (Wildman–Crippen LogP) is 3.20. The summed E-state index contributed by atoms with van der Waals surface area (Å²) in [7, 11) is 0. The topological polar surface area (TPSA) is 12.0 Å². The summed E-state index contributed by atoms with van der Waals surface area (Å²) in [5.41, 5.74) is 0. The highest BCUT2D eigenvalue weighted by molar-refractivity contribution is 4.82. The molecule has 0 heterocycles. The van der Waals surface area contributed by atoms with Crippen LogP contribution in [0.1, 0.15) is 52.9 Å². The summed E-state index contributed by atoms with van der Waals surface area (Å²) >= 11 is 0. The van der Waals surface area contributed by atoms with Crippen LogP contribution in [-0.4, -0.2) is 12.6 Å². The van der Waals surface area contributed by atoms with Crippen LogP contribution in [0.25, 0.3) is 0 Å². The van der Waals surface area contributed by atoms with E-state index in [1.165, 1.54) is 25.7 Å². The molecule has 0 aromatic carbocycles. The molecule has 1 N–H and O–H groups in total. The summed E-state index contributed by atoms with van der Waals surface area (Å²) < 4.78 is 0. The molecule has 0 aliphatic heterocycles. The normalized spacial score (nSPS) is 12.8. The van der Waals surface area contributed by atoms with Gasteiger partial charge in [-0.15, -0.1) is 12.3 Å². The molecule has 0 aliphatic carbocycles. The molecule has 0 amide bonds. The monoisotopic (exact) mass is 195 g/mol. The average molecular weight is 195 g/mol. The standard InChI is InChI=1S/C13H25N/c1-5-7-8-9-10-11-13(12(3)4)14-6-2/h1,12-14H,6-11H2,2-4H3. The zero-order chi connectivity index (χ0) is 10.8. The largest absolute Gasteiger partial charge is 0.314 e. The lowest BCUT2D eigenvalue weighted by Crippen LogP contribution is -2.33. The van der Waals surface area contributed by atoms with Crippen LogP contribution >= 0.6 is 0 Å². The molecule has 0 radical (unpaired) electrons. The molecular weight excluding hydrogens is 170 g/mol. The Morgan fingerprint density at radius 1 is 1.21 bits per heavy atom. The Bertz CT molecular complexity index is 155. The highest BCUT2D eigenvalue weighted by atomic mass is 14.9. The molecule has 0 saturated carbocycles. The van der Waals surface area contributed by atoms with Crippen molar-refractivity contribution in [2.75, 3.05) is 6.54 Å². The molecule has 0 aromatic rings. The Morgan fingerprint density at radius 2 is 1.93 bits per heavy atom. The van der Waals surface area contributed by atoms with Gasteiger partial charge in [-0.2, -0.15) is 0 Å². The van der Waals surface area contributed by atoms with E-state index in [0.29, 0.717) is 6.04 Å². The number of rotatable bonds is 8. The molecule has 82 valence electrons. The summed E-state index contributed by atoms with van der Waals surface area (Å²) in [6, 6.07) is 0.686. The van der Waals surface area contributed by atoms with Crippen molar-refractivity contribution in [1.82, 2.24) is 5.32 Å². The van der Waals surface area contributed by atoms with Crippen LogP contribution in [0.3, 0.4) is 0 Å². The maximum Gasteiger partial charge on any atom is 0.00899 e. The molecule has 0 fully saturated rings. The molecule has 1 nitrogen and oxygen atoms in total. The minimum absolute atomic E-state index is 0.686. The minimum Gasteiger partial charge on any atom is -0.314 e. The molecule has 0 rings (SSSR count). The van der Waals surface area contributed by atoms with Gasteiger partial charge in [0.1, 0.15) is 0 Å². The first-order valence-corrected chi connectivity index (χ1v) is 5.89. The molecule has 0 aromatic heterocycles. The fourth-order valence-corrected chi connectivity index (χ4v) is 1.70. The zero-order valence-electron chi connectivity index (χ0n) is 9.97. The second kappa shape index (κ2) is 9.09. The van der Waals surface area contributed by atoms with E-state index in [9.17, 15) is 0 Å². The summed E-state index contributed by atoms with van der Waals surface area (Å²) in [4.78, 5) is 0. The zero-order valence-corrected chi connectivity index (χ0v) is 9.97. The molecule has 0 saturated heterocycles. The third-order valence-electron chi connectivity index (χ3n) is 2.61. The highest BCUT2D eigenvalue weighted by Crippen LogP contribution is 2.11. The fraction of sp³-hybridized carbons (Fsp3) is 0.846. The average Bonchev–Trinajstić information content (AvgIpc) is 2.15. The number of nitrogens with one attached hydrogen (secondary N) is 1. The molecule has 0 aliphatic rings. The van der Waals surface area contributed by atoms with E-state index in [-0.39, 0.29) is 0 Å². The summed E-state index contributed by atoms with van der Waals surface area (Å²) in [5, 5.41) is 3.53. The van der Waals surface area contributed by atoms with Gasteiger partial charge >= 0.3 is 0 Å². The highest BCUT2D eigenvalue weighted by Gasteiger charge is 2.10. The molecule has 0 spiro atoms. The van der Waals surface area contributed by atoms with Crippen LogP contribution in [0.5, 0.6) is 0 Å². The van der Waals surface area contributed by atoms with Crippen molar-refractivity contribution in [3.8, 4) is 12.3 Å². The molecule has 1 atom stereocenters. The number of hydrogen-bond donors (Lipinski definition) is 1. The second-order valence-corrected chi connectivity index (χ2v) is 4.21. The first-order valence-electron chi connectivity index (χ1n) is 5.89. The van der Waals surface area contributed by atoms with Crippen LogP contribution in [0, 0.1) is 18.3 Å². The van der Waals surface area contributed by atoms with E-state index in [1.807, 2.05) is 0 Å². The first-order chi connectivity index (χ1) is 6.72. The van der Waals surface area contributed by atoms with Crippen molar-refractivity contribution in [2.24, 2.45) is 5.92 Å². The van der Waals surface area contributed by atoms with Gasteiger partial charge in [0.25, 0.3) is 0 Å². The Labute approximate surface area is 89.7 Å². The van der Waals surface area contributed by atoms with Crippen LogP contribution in [0.2, 0.25) is 0 Å². The van der Waals surface area contributed by atoms with Gasteiger partial charge < -0.3 is 5.32 Å². The minimum atomic E-state index is 0.686. The summed E-state index contributed by atoms with van der Waals surface area (Å²) in [6.45, 7) is 7.82. The summed E-state index contributed by atoms with van der Waals surface area (Å²) in [5.74, 6) is 3.43. The molecule has 1 unspecified atom stereocenters. The van der Waals surface area contributed by atoms with E-state index in [2.05, 4.69) is 32.0 Å². The SMILES string of the molecule is C#CCCCCCC(NCC)C(C)C. The fourth-order valence-electron chi connectivity index (χ4n) is 1.70. The first kappa shape index (κ1) is 13.5. The van der Waals surface area contributed by atoms with Crippen molar-refractivity contribution in [1.29, 1.82) is 0 Å². The third kappa shape index (κ3) is 6.97. The second-order valence-electron chi connectivity index (χ2n) is 4.21. The number of unbranched alkanes of at least 4 members (excludes halogenated alkanes) is 3. The molecule has 1 heteroatoms. The lowest BCUT2D eigenvalue weighted by Gasteiger charge is -2.21. The van der Waals surface area contributed by atoms with E-state index in [1.54, 1.807) is 0 Å². The van der Waals surface area contributed by atoms with Crippen molar-refractivity contribution in [3.05, 3.63) is 0 Å². The Morgan fingerprint density at radius 3 is 2.43 bits per heavy atom. The van der Waals surface area contributed by atoms with Gasteiger partial charge in [-0.05, 0) is 25.3 Å². The number of terminal acetylenes is 1. The van der Waals surface area contributed by atoms with Gasteiger partial charge in [-0.25, -0.2) is 0 Å². The van der Waals surface area contributed by atoms with Crippen molar-refractivity contribution in [3.63, 3.8) is 0 Å².